The Balaban J connectivity index is 1.85. The number of nitrogens with one attached hydrogen (secondary N) is 1. The van der Waals surface area contributed by atoms with Gasteiger partial charge in [-0.1, -0.05) is 12.1 Å². The Morgan fingerprint density at radius 3 is 3.00 bits per heavy atom. The molecule has 0 saturated carbocycles. The van der Waals surface area contributed by atoms with Crippen molar-refractivity contribution >= 4 is 5.91 Å². The maximum absolute atomic E-state index is 12.9. The Kier molecular flexibility index (Phi) is 3.72. The Bertz CT molecular complexity index is 551. The maximum Gasteiger partial charge on any atom is 0.224 e. The van der Waals surface area contributed by atoms with Gasteiger partial charge in [0.2, 0.25) is 11.8 Å². The summed E-state index contributed by atoms with van der Waals surface area (Å²) in [5.41, 5.74) is 0.635. The molecule has 1 aromatic carbocycles. The minimum absolute atomic E-state index is 0.136. The van der Waals surface area contributed by atoms with Crippen molar-refractivity contribution < 1.29 is 13.6 Å². The second-order valence-corrected chi connectivity index (χ2v) is 3.95. The molecule has 0 aliphatic rings. The SMILES string of the molecule is Cc1cnc(CNC(=O)Cc2cccc(F)c2)o1. The van der Waals surface area contributed by atoms with E-state index in [0.717, 1.165) is 0 Å². The van der Waals surface area contributed by atoms with Crippen molar-refractivity contribution in [1.29, 1.82) is 0 Å². The first-order chi connectivity index (χ1) is 8.63. The normalized spacial score (nSPS) is 10.3. The molecule has 94 valence electrons. The van der Waals surface area contributed by atoms with E-state index in [0.29, 0.717) is 17.2 Å². The summed E-state index contributed by atoms with van der Waals surface area (Å²) >= 11 is 0. The number of aromatic nitrogens is 1. The minimum atomic E-state index is -0.344. The first-order valence-electron chi connectivity index (χ1n) is 5.56. The molecule has 0 fully saturated rings. The predicted molar refractivity (Wildman–Crippen MR) is 63.2 cm³/mol. The number of nitrogens with zero attached hydrogens (tertiary/aromatic N) is 1. The number of oxazole rings is 1. The van der Waals surface area contributed by atoms with Crippen LogP contribution >= 0.6 is 0 Å². The molecule has 2 rings (SSSR count). The molecule has 0 unspecified atom stereocenters. The third-order valence-corrected chi connectivity index (χ3v) is 2.36. The van der Waals surface area contributed by atoms with Crippen LogP contribution in [-0.2, 0) is 17.8 Å². The average molecular weight is 248 g/mol. The average Bonchev–Trinajstić information content (AvgIpc) is 2.73. The summed E-state index contributed by atoms with van der Waals surface area (Å²) < 4.78 is 18.1. The zero-order valence-electron chi connectivity index (χ0n) is 9.94. The van der Waals surface area contributed by atoms with Crippen molar-refractivity contribution in [2.24, 2.45) is 0 Å². The highest BCUT2D eigenvalue weighted by Crippen LogP contribution is 2.05. The molecular weight excluding hydrogens is 235 g/mol. The second-order valence-electron chi connectivity index (χ2n) is 3.95. The maximum atomic E-state index is 12.9. The van der Waals surface area contributed by atoms with E-state index in [1.54, 1.807) is 25.3 Å². The molecule has 1 heterocycles. The molecule has 0 radical (unpaired) electrons. The molecule has 2 aromatic rings. The molecule has 0 aliphatic carbocycles. The molecule has 1 aromatic heterocycles. The minimum Gasteiger partial charge on any atom is -0.444 e. The van der Waals surface area contributed by atoms with Gasteiger partial charge in [0.1, 0.15) is 11.6 Å². The van der Waals surface area contributed by atoms with Crippen LogP contribution in [-0.4, -0.2) is 10.9 Å². The van der Waals surface area contributed by atoms with Crippen molar-refractivity contribution in [1.82, 2.24) is 10.3 Å². The number of aryl methyl sites for hydroxylation is 1. The van der Waals surface area contributed by atoms with Gasteiger partial charge < -0.3 is 9.73 Å². The third-order valence-electron chi connectivity index (χ3n) is 2.36. The lowest BCUT2D eigenvalue weighted by Gasteiger charge is -2.03. The monoisotopic (exact) mass is 248 g/mol. The number of halogens is 1. The summed E-state index contributed by atoms with van der Waals surface area (Å²) in [6.07, 6.45) is 1.73. The molecule has 18 heavy (non-hydrogen) atoms. The summed E-state index contributed by atoms with van der Waals surface area (Å²) in [5.74, 6) is 0.615. The lowest BCUT2D eigenvalue weighted by atomic mass is 10.1. The van der Waals surface area contributed by atoms with Crippen molar-refractivity contribution in [2.75, 3.05) is 0 Å². The van der Waals surface area contributed by atoms with Crippen molar-refractivity contribution in [3.05, 3.63) is 53.5 Å². The van der Waals surface area contributed by atoms with Gasteiger partial charge >= 0.3 is 0 Å². The van der Waals surface area contributed by atoms with E-state index in [1.807, 2.05) is 0 Å². The summed E-state index contributed by atoms with van der Waals surface area (Å²) in [6.45, 7) is 2.02. The molecule has 1 N–H and O–H groups in total. The van der Waals surface area contributed by atoms with Gasteiger partial charge in [-0.15, -0.1) is 0 Å². The van der Waals surface area contributed by atoms with Gasteiger partial charge in [0, 0.05) is 0 Å². The van der Waals surface area contributed by atoms with Crippen LogP contribution < -0.4 is 5.32 Å². The van der Waals surface area contributed by atoms with Crippen LogP contribution in [0.2, 0.25) is 0 Å². The molecule has 0 spiro atoms. The van der Waals surface area contributed by atoms with E-state index in [-0.39, 0.29) is 24.7 Å². The van der Waals surface area contributed by atoms with Gasteiger partial charge in [-0.2, -0.15) is 0 Å². The number of benzene rings is 1. The standard InChI is InChI=1S/C13H13FN2O2/c1-9-7-16-13(18-9)8-15-12(17)6-10-3-2-4-11(14)5-10/h2-5,7H,6,8H2,1H3,(H,15,17). The quantitative estimate of drug-likeness (QED) is 0.900. The van der Waals surface area contributed by atoms with E-state index in [1.165, 1.54) is 12.1 Å². The largest absolute Gasteiger partial charge is 0.444 e. The number of hydrogen-bond donors (Lipinski definition) is 1. The fourth-order valence-corrected chi connectivity index (χ4v) is 1.55. The number of carbonyl (C=O) groups excluding carboxylic acids is 1. The van der Waals surface area contributed by atoms with E-state index < -0.39 is 0 Å². The van der Waals surface area contributed by atoms with Crippen molar-refractivity contribution in [3.8, 4) is 0 Å². The zero-order valence-corrected chi connectivity index (χ0v) is 9.94. The first kappa shape index (κ1) is 12.3. The lowest BCUT2D eigenvalue weighted by Crippen LogP contribution is -2.24. The van der Waals surface area contributed by atoms with Gasteiger partial charge in [-0.3, -0.25) is 4.79 Å². The highest BCUT2D eigenvalue weighted by atomic mass is 19.1. The summed E-state index contributed by atoms with van der Waals surface area (Å²) in [7, 11) is 0. The third kappa shape index (κ3) is 3.41. The number of rotatable bonds is 4. The summed E-state index contributed by atoms with van der Waals surface area (Å²) in [4.78, 5) is 15.6. The van der Waals surface area contributed by atoms with Gasteiger partial charge in [-0.25, -0.2) is 9.37 Å². The fraction of sp³-hybridized carbons (Fsp3) is 0.231. The molecule has 0 aliphatic heterocycles. The van der Waals surface area contributed by atoms with Crippen molar-refractivity contribution in [2.45, 2.75) is 19.9 Å². The molecule has 0 bridgehead atoms. The lowest BCUT2D eigenvalue weighted by molar-refractivity contribution is -0.120. The van der Waals surface area contributed by atoms with Gasteiger partial charge in [-0.05, 0) is 24.6 Å². The van der Waals surface area contributed by atoms with Crippen LogP contribution in [0.4, 0.5) is 4.39 Å². The van der Waals surface area contributed by atoms with Crippen LogP contribution in [0.5, 0.6) is 0 Å². The van der Waals surface area contributed by atoms with E-state index in [9.17, 15) is 9.18 Å². The second kappa shape index (κ2) is 5.44. The van der Waals surface area contributed by atoms with Crippen molar-refractivity contribution in [3.63, 3.8) is 0 Å². The Hall–Kier alpha value is -2.17. The Labute approximate surface area is 104 Å². The van der Waals surface area contributed by atoms with E-state index in [4.69, 9.17) is 4.42 Å². The molecule has 4 nitrogen and oxygen atoms in total. The van der Waals surface area contributed by atoms with E-state index >= 15 is 0 Å². The topological polar surface area (TPSA) is 55.1 Å². The molecule has 1 amide bonds. The van der Waals surface area contributed by atoms with Gasteiger partial charge in [0.15, 0.2) is 0 Å². The molecule has 0 saturated heterocycles. The predicted octanol–water partition coefficient (Wildman–Crippen LogP) is 1.98. The summed E-state index contributed by atoms with van der Waals surface area (Å²) in [5, 5.41) is 2.66. The van der Waals surface area contributed by atoms with Crippen LogP contribution in [0, 0.1) is 12.7 Å². The van der Waals surface area contributed by atoms with E-state index in [2.05, 4.69) is 10.3 Å². The summed E-state index contributed by atoms with van der Waals surface area (Å²) in [6, 6.07) is 5.97. The number of hydrogen-bond acceptors (Lipinski definition) is 3. The van der Waals surface area contributed by atoms with Crippen LogP contribution in [0.3, 0.4) is 0 Å². The number of amides is 1. The highest BCUT2D eigenvalue weighted by molar-refractivity contribution is 5.78. The highest BCUT2D eigenvalue weighted by Gasteiger charge is 2.06. The smallest absolute Gasteiger partial charge is 0.224 e. The fourth-order valence-electron chi connectivity index (χ4n) is 1.55. The Morgan fingerprint density at radius 1 is 1.50 bits per heavy atom. The van der Waals surface area contributed by atoms with Crippen LogP contribution in [0.1, 0.15) is 17.2 Å². The molecule has 0 atom stereocenters. The Morgan fingerprint density at radius 2 is 2.33 bits per heavy atom. The van der Waals surface area contributed by atoms with Gasteiger partial charge in [0.05, 0.1) is 19.2 Å². The van der Waals surface area contributed by atoms with Crippen LogP contribution in [0.25, 0.3) is 0 Å². The number of carbonyl (C=O) groups is 1. The van der Waals surface area contributed by atoms with Crippen LogP contribution in [0.15, 0.2) is 34.9 Å². The van der Waals surface area contributed by atoms with Gasteiger partial charge in [0.25, 0.3) is 0 Å². The molecular formula is C13H13FN2O2. The zero-order chi connectivity index (χ0) is 13.0. The first-order valence-corrected chi connectivity index (χ1v) is 5.56. The molecule has 5 heteroatoms.